The van der Waals surface area contributed by atoms with Gasteiger partial charge in [0.05, 0.1) is 12.2 Å². The highest BCUT2D eigenvalue weighted by molar-refractivity contribution is 6.30. The van der Waals surface area contributed by atoms with Crippen LogP contribution in [0.4, 0.5) is 4.79 Å². The molecule has 2 N–H and O–H groups in total. The van der Waals surface area contributed by atoms with E-state index in [4.69, 9.17) is 11.6 Å². The molecular weight excluding hydrogens is 276 g/mol. The number of aryl methyl sites for hydroxylation is 1. The molecule has 20 heavy (non-hydrogen) atoms. The molecule has 0 aliphatic rings. The number of halogens is 1. The van der Waals surface area contributed by atoms with Crippen molar-refractivity contribution < 1.29 is 4.79 Å². The minimum absolute atomic E-state index is 0.180. The standard InChI is InChI=1S/C14H17ClN4O/c1-19-13(7-9-18-19)10-17-14(20)16-8-6-11-2-4-12(15)5-3-11/h2-5,7,9H,6,8,10H2,1H3,(H2,16,17,20). The lowest BCUT2D eigenvalue weighted by atomic mass is 10.1. The van der Waals surface area contributed by atoms with Crippen LogP contribution in [-0.2, 0) is 20.0 Å². The van der Waals surface area contributed by atoms with Gasteiger partial charge in [-0.1, -0.05) is 23.7 Å². The Balaban J connectivity index is 1.68. The average Bonchev–Trinajstić information content (AvgIpc) is 2.84. The summed E-state index contributed by atoms with van der Waals surface area (Å²) in [7, 11) is 1.84. The van der Waals surface area contributed by atoms with Crippen LogP contribution in [0.2, 0.25) is 5.02 Å². The molecular formula is C14H17ClN4O. The summed E-state index contributed by atoms with van der Waals surface area (Å²) in [6, 6.07) is 9.29. The van der Waals surface area contributed by atoms with E-state index in [0.717, 1.165) is 22.7 Å². The first-order valence-electron chi connectivity index (χ1n) is 6.38. The van der Waals surface area contributed by atoms with E-state index < -0.39 is 0 Å². The second-order valence-electron chi connectivity index (χ2n) is 4.43. The number of rotatable bonds is 5. The fourth-order valence-electron chi connectivity index (χ4n) is 1.78. The highest BCUT2D eigenvalue weighted by Gasteiger charge is 2.02. The number of carbonyl (C=O) groups is 1. The van der Waals surface area contributed by atoms with Crippen molar-refractivity contribution in [1.29, 1.82) is 0 Å². The Morgan fingerprint density at radius 2 is 2.00 bits per heavy atom. The summed E-state index contributed by atoms with van der Waals surface area (Å²) >= 11 is 5.81. The lowest BCUT2D eigenvalue weighted by Crippen LogP contribution is -2.36. The number of aromatic nitrogens is 2. The van der Waals surface area contributed by atoms with E-state index in [1.165, 1.54) is 0 Å². The maximum atomic E-state index is 11.6. The maximum Gasteiger partial charge on any atom is 0.315 e. The van der Waals surface area contributed by atoms with Gasteiger partial charge in [-0.15, -0.1) is 0 Å². The van der Waals surface area contributed by atoms with Crippen molar-refractivity contribution in [1.82, 2.24) is 20.4 Å². The normalized spacial score (nSPS) is 10.3. The van der Waals surface area contributed by atoms with Gasteiger partial charge >= 0.3 is 6.03 Å². The number of urea groups is 1. The zero-order valence-corrected chi connectivity index (χ0v) is 12.0. The van der Waals surface area contributed by atoms with Crippen molar-refractivity contribution >= 4 is 17.6 Å². The highest BCUT2D eigenvalue weighted by atomic mass is 35.5. The minimum atomic E-state index is -0.180. The molecule has 0 bridgehead atoms. The van der Waals surface area contributed by atoms with Crippen LogP contribution in [0.15, 0.2) is 36.5 Å². The Morgan fingerprint density at radius 3 is 2.65 bits per heavy atom. The number of benzene rings is 1. The molecule has 2 rings (SSSR count). The number of amides is 2. The molecule has 106 valence electrons. The first-order valence-corrected chi connectivity index (χ1v) is 6.76. The van der Waals surface area contributed by atoms with Gasteiger partial charge in [0.2, 0.25) is 0 Å². The van der Waals surface area contributed by atoms with Crippen LogP contribution >= 0.6 is 11.6 Å². The third kappa shape index (κ3) is 4.28. The third-order valence-corrected chi connectivity index (χ3v) is 3.22. The van der Waals surface area contributed by atoms with Crippen LogP contribution in [0.1, 0.15) is 11.3 Å². The Kier molecular flexibility index (Phi) is 5.01. The van der Waals surface area contributed by atoms with Gasteiger partial charge in [0.1, 0.15) is 0 Å². The van der Waals surface area contributed by atoms with Crippen LogP contribution in [0.3, 0.4) is 0 Å². The van der Waals surface area contributed by atoms with E-state index in [2.05, 4.69) is 15.7 Å². The van der Waals surface area contributed by atoms with Crippen LogP contribution in [0, 0.1) is 0 Å². The topological polar surface area (TPSA) is 59.0 Å². The predicted molar refractivity (Wildman–Crippen MR) is 78.6 cm³/mol. The van der Waals surface area contributed by atoms with Gasteiger partial charge in [-0.2, -0.15) is 5.10 Å². The number of nitrogens with zero attached hydrogens (tertiary/aromatic N) is 2. The van der Waals surface area contributed by atoms with Crippen LogP contribution in [0.5, 0.6) is 0 Å². The SMILES string of the molecule is Cn1nccc1CNC(=O)NCCc1ccc(Cl)cc1. The third-order valence-electron chi connectivity index (χ3n) is 2.97. The number of nitrogens with one attached hydrogen (secondary N) is 2. The molecule has 1 heterocycles. The molecule has 2 aromatic rings. The molecule has 0 saturated heterocycles. The zero-order valence-electron chi connectivity index (χ0n) is 11.3. The molecule has 2 amide bonds. The maximum absolute atomic E-state index is 11.6. The van der Waals surface area contributed by atoms with E-state index in [0.29, 0.717) is 13.1 Å². The summed E-state index contributed by atoms with van der Waals surface area (Å²) in [4.78, 5) is 11.6. The van der Waals surface area contributed by atoms with E-state index in [9.17, 15) is 4.79 Å². The van der Waals surface area contributed by atoms with Crippen molar-refractivity contribution in [3.63, 3.8) is 0 Å². The molecule has 0 unspecified atom stereocenters. The van der Waals surface area contributed by atoms with Gasteiger partial charge in [0.15, 0.2) is 0 Å². The minimum Gasteiger partial charge on any atom is -0.338 e. The van der Waals surface area contributed by atoms with E-state index in [1.54, 1.807) is 10.9 Å². The smallest absolute Gasteiger partial charge is 0.315 e. The van der Waals surface area contributed by atoms with Gasteiger partial charge in [-0.05, 0) is 30.2 Å². The van der Waals surface area contributed by atoms with Crippen LogP contribution < -0.4 is 10.6 Å². The van der Waals surface area contributed by atoms with Gasteiger partial charge < -0.3 is 10.6 Å². The fraction of sp³-hybridized carbons (Fsp3) is 0.286. The van der Waals surface area contributed by atoms with Crippen molar-refractivity contribution in [2.45, 2.75) is 13.0 Å². The molecule has 0 atom stereocenters. The quantitative estimate of drug-likeness (QED) is 0.887. The van der Waals surface area contributed by atoms with Crippen molar-refractivity contribution in [3.05, 3.63) is 52.8 Å². The first kappa shape index (κ1) is 14.4. The van der Waals surface area contributed by atoms with Crippen LogP contribution in [-0.4, -0.2) is 22.4 Å². The molecule has 0 saturated carbocycles. The first-order chi connectivity index (χ1) is 9.65. The summed E-state index contributed by atoms with van der Waals surface area (Å²) in [6.45, 7) is 1.04. The van der Waals surface area contributed by atoms with Gasteiger partial charge in [-0.25, -0.2) is 4.79 Å². The monoisotopic (exact) mass is 292 g/mol. The predicted octanol–water partition coefficient (Wildman–Crippen LogP) is 2.12. The molecule has 0 aliphatic heterocycles. The summed E-state index contributed by atoms with van der Waals surface area (Å²) in [5.74, 6) is 0. The molecule has 1 aromatic carbocycles. The Morgan fingerprint density at radius 1 is 1.25 bits per heavy atom. The molecule has 1 aromatic heterocycles. The summed E-state index contributed by atoms with van der Waals surface area (Å²) < 4.78 is 1.73. The second kappa shape index (κ2) is 6.96. The van der Waals surface area contributed by atoms with Gasteiger partial charge in [-0.3, -0.25) is 4.68 Å². The van der Waals surface area contributed by atoms with Gasteiger partial charge in [0.25, 0.3) is 0 Å². The van der Waals surface area contributed by atoms with Crippen molar-refractivity contribution in [2.75, 3.05) is 6.54 Å². The molecule has 0 aliphatic carbocycles. The zero-order chi connectivity index (χ0) is 14.4. The van der Waals surface area contributed by atoms with E-state index in [1.807, 2.05) is 37.4 Å². The highest BCUT2D eigenvalue weighted by Crippen LogP contribution is 2.09. The van der Waals surface area contributed by atoms with Gasteiger partial charge in [0, 0.05) is 24.8 Å². The van der Waals surface area contributed by atoms with Crippen molar-refractivity contribution in [3.8, 4) is 0 Å². The number of carbonyl (C=O) groups excluding carboxylic acids is 1. The van der Waals surface area contributed by atoms with E-state index in [-0.39, 0.29) is 6.03 Å². The Bertz CT molecular complexity index is 565. The summed E-state index contributed by atoms with van der Waals surface area (Å²) in [6.07, 6.45) is 2.48. The molecule has 6 heteroatoms. The van der Waals surface area contributed by atoms with E-state index >= 15 is 0 Å². The lowest BCUT2D eigenvalue weighted by molar-refractivity contribution is 0.240. The molecule has 0 fully saturated rings. The lowest BCUT2D eigenvalue weighted by Gasteiger charge is -2.08. The Labute approximate surface area is 122 Å². The summed E-state index contributed by atoms with van der Waals surface area (Å²) in [5, 5.41) is 10.4. The molecule has 0 radical (unpaired) electrons. The second-order valence-corrected chi connectivity index (χ2v) is 4.87. The molecule has 5 nitrogen and oxygen atoms in total. The number of hydrogen-bond acceptors (Lipinski definition) is 2. The Hall–Kier alpha value is -2.01. The average molecular weight is 293 g/mol. The summed E-state index contributed by atoms with van der Waals surface area (Å²) in [5.41, 5.74) is 2.10. The largest absolute Gasteiger partial charge is 0.338 e. The van der Waals surface area contributed by atoms with Crippen LogP contribution in [0.25, 0.3) is 0 Å². The molecule has 0 spiro atoms. The number of hydrogen-bond donors (Lipinski definition) is 2. The van der Waals surface area contributed by atoms with Crippen molar-refractivity contribution in [2.24, 2.45) is 7.05 Å². The fourth-order valence-corrected chi connectivity index (χ4v) is 1.91.